The van der Waals surface area contributed by atoms with Crippen molar-refractivity contribution in [2.75, 3.05) is 0 Å². The molecule has 0 unspecified atom stereocenters. The summed E-state index contributed by atoms with van der Waals surface area (Å²) >= 11 is 0. The third kappa shape index (κ3) is 3.45. The van der Waals surface area contributed by atoms with Crippen LogP contribution in [0.3, 0.4) is 0 Å². The third-order valence-electron chi connectivity index (χ3n) is 2.69. The van der Waals surface area contributed by atoms with Gasteiger partial charge in [0.25, 0.3) is 0 Å². The third-order valence-corrected chi connectivity index (χ3v) is 2.69. The van der Waals surface area contributed by atoms with Crippen molar-refractivity contribution in [2.45, 2.75) is 12.4 Å². The summed E-state index contributed by atoms with van der Waals surface area (Å²) in [5.41, 5.74) is -3.24. The number of alkyl halides is 6. The Morgan fingerprint density at radius 1 is 0.762 bits per heavy atom. The second-order valence-electron chi connectivity index (χ2n) is 4.22. The van der Waals surface area contributed by atoms with Crippen molar-refractivity contribution in [3.8, 4) is 11.3 Å². The number of hydrogen-bond acceptors (Lipinski definition) is 1. The minimum atomic E-state index is -4.71. The van der Waals surface area contributed by atoms with Gasteiger partial charge in [-0.05, 0) is 23.8 Å². The van der Waals surface area contributed by atoms with Crippen molar-refractivity contribution >= 4 is 0 Å². The average Bonchev–Trinajstić information content (AvgIpc) is 2.36. The molecule has 8 heteroatoms. The molecular formula is C13H7F6NO. The normalized spacial score (nSPS) is 12.5. The van der Waals surface area contributed by atoms with Crippen LogP contribution in [-0.4, -0.2) is 4.98 Å². The molecule has 1 aromatic carbocycles. The van der Waals surface area contributed by atoms with Crippen LogP contribution in [0.5, 0.6) is 0 Å². The number of aromatic nitrogens is 1. The number of nitrogens with one attached hydrogen (secondary N) is 1. The van der Waals surface area contributed by atoms with Gasteiger partial charge in [0, 0.05) is 11.8 Å². The zero-order valence-electron chi connectivity index (χ0n) is 10.1. The van der Waals surface area contributed by atoms with Crippen molar-refractivity contribution in [1.29, 1.82) is 0 Å². The number of H-pyrrole nitrogens is 1. The summed E-state index contributed by atoms with van der Waals surface area (Å²) in [6.07, 6.45) is -9.26. The lowest BCUT2D eigenvalue weighted by Gasteiger charge is -2.10. The van der Waals surface area contributed by atoms with Crippen LogP contribution in [0.25, 0.3) is 11.3 Å². The fourth-order valence-corrected chi connectivity index (χ4v) is 1.70. The fraction of sp³-hybridized carbons (Fsp3) is 0.154. The molecular weight excluding hydrogens is 300 g/mol. The lowest BCUT2D eigenvalue weighted by atomic mass is 10.1. The SMILES string of the molecule is O=c1cc(C(F)(F)F)cc(-c2ccc(C(F)(F)F)cc2)[nH]1. The Hall–Kier alpha value is -2.25. The zero-order chi connectivity index (χ0) is 15.8. The number of benzene rings is 1. The van der Waals surface area contributed by atoms with Gasteiger partial charge in [-0.15, -0.1) is 0 Å². The predicted octanol–water partition coefficient (Wildman–Crippen LogP) is 4.08. The van der Waals surface area contributed by atoms with Gasteiger partial charge >= 0.3 is 12.4 Å². The molecule has 1 aromatic heterocycles. The van der Waals surface area contributed by atoms with Crippen LogP contribution in [0, 0.1) is 0 Å². The molecule has 1 heterocycles. The Labute approximate surface area is 114 Å². The Balaban J connectivity index is 2.48. The van der Waals surface area contributed by atoms with Crippen LogP contribution < -0.4 is 5.56 Å². The van der Waals surface area contributed by atoms with Gasteiger partial charge in [0.1, 0.15) is 0 Å². The van der Waals surface area contributed by atoms with Gasteiger partial charge in [-0.3, -0.25) is 4.79 Å². The van der Waals surface area contributed by atoms with E-state index in [0.717, 1.165) is 24.3 Å². The van der Waals surface area contributed by atoms with Gasteiger partial charge in [0.2, 0.25) is 5.56 Å². The second kappa shape index (κ2) is 4.94. The molecule has 112 valence electrons. The summed E-state index contributed by atoms with van der Waals surface area (Å²) in [5.74, 6) is 0. The van der Waals surface area contributed by atoms with E-state index in [4.69, 9.17) is 0 Å². The minimum absolute atomic E-state index is 0.0474. The molecule has 1 N–H and O–H groups in total. The monoisotopic (exact) mass is 307 g/mol. The molecule has 0 radical (unpaired) electrons. The molecule has 21 heavy (non-hydrogen) atoms. The zero-order valence-corrected chi connectivity index (χ0v) is 10.1. The van der Waals surface area contributed by atoms with Crippen molar-refractivity contribution < 1.29 is 26.3 Å². The van der Waals surface area contributed by atoms with E-state index in [0.29, 0.717) is 12.1 Å². The largest absolute Gasteiger partial charge is 0.416 e. The second-order valence-corrected chi connectivity index (χ2v) is 4.22. The van der Waals surface area contributed by atoms with Crippen LogP contribution in [-0.2, 0) is 12.4 Å². The van der Waals surface area contributed by atoms with Crippen molar-refractivity contribution in [1.82, 2.24) is 4.98 Å². The molecule has 2 nitrogen and oxygen atoms in total. The molecule has 0 aliphatic carbocycles. The van der Waals surface area contributed by atoms with Crippen LogP contribution in [0.2, 0.25) is 0 Å². The molecule has 0 amide bonds. The van der Waals surface area contributed by atoms with E-state index < -0.39 is 29.0 Å². The van der Waals surface area contributed by atoms with Gasteiger partial charge in [0.05, 0.1) is 11.1 Å². The summed E-state index contributed by atoms with van der Waals surface area (Å²) in [4.78, 5) is 13.4. The van der Waals surface area contributed by atoms with Crippen LogP contribution in [0.4, 0.5) is 26.3 Å². The van der Waals surface area contributed by atoms with E-state index in [1.807, 2.05) is 0 Å². The van der Waals surface area contributed by atoms with Gasteiger partial charge in [-0.1, -0.05) is 12.1 Å². The number of rotatable bonds is 1. The number of hydrogen-bond donors (Lipinski definition) is 1. The van der Waals surface area contributed by atoms with Gasteiger partial charge in [-0.25, -0.2) is 0 Å². The first kappa shape index (κ1) is 15.1. The first-order chi connectivity index (χ1) is 9.57. The number of aromatic amines is 1. The van der Waals surface area contributed by atoms with E-state index in [1.54, 1.807) is 0 Å². The Morgan fingerprint density at radius 3 is 1.76 bits per heavy atom. The van der Waals surface area contributed by atoms with Crippen molar-refractivity contribution in [2.24, 2.45) is 0 Å². The topological polar surface area (TPSA) is 32.9 Å². The van der Waals surface area contributed by atoms with Crippen molar-refractivity contribution in [3.05, 3.63) is 57.9 Å². The maximum Gasteiger partial charge on any atom is 0.416 e. The van der Waals surface area contributed by atoms with E-state index in [2.05, 4.69) is 4.98 Å². The standard InChI is InChI=1S/C13H7F6NO/c14-12(15,16)8-3-1-7(2-4-8)10-5-9(13(17,18)19)6-11(21)20-10/h1-6H,(H,20,21). The summed E-state index contributed by atoms with van der Waals surface area (Å²) in [6, 6.07) is 4.50. The number of halogens is 6. The lowest BCUT2D eigenvalue weighted by Crippen LogP contribution is -2.13. The highest BCUT2D eigenvalue weighted by Crippen LogP contribution is 2.32. The average molecular weight is 307 g/mol. The minimum Gasteiger partial charge on any atom is -0.322 e. The highest BCUT2D eigenvalue weighted by Gasteiger charge is 2.32. The molecule has 0 spiro atoms. The van der Waals surface area contributed by atoms with E-state index in [-0.39, 0.29) is 11.3 Å². The van der Waals surface area contributed by atoms with Gasteiger partial charge in [0.15, 0.2) is 0 Å². The molecule has 0 aliphatic rings. The first-order valence-corrected chi connectivity index (χ1v) is 5.56. The highest BCUT2D eigenvalue weighted by molar-refractivity contribution is 5.60. The summed E-state index contributed by atoms with van der Waals surface area (Å²) in [7, 11) is 0. The lowest BCUT2D eigenvalue weighted by molar-refractivity contribution is -0.138. The van der Waals surface area contributed by atoms with E-state index in [1.165, 1.54) is 0 Å². The van der Waals surface area contributed by atoms with Crippen LogP contribution >= 0.6 is 0 Å². The first-order valence-electron chi connectivity index (χ1n) is 5.56. The maximum atomic E-state index is 12.6. The Bertz CT molecular complexity index is 696. The van der Waals surface area contributed by atoms with Gasteiger partial charge < -0.3 is 4.98 Å². The Kier molecular flexibility index (Phi) is 3.56. The Morgan fingerprint density at radius 2 is 1.29 bits per heavy atom. The molecule has 0 aliphatic heterocycles. The molecule has 0 atom stereocenters. The maximum absolute atomic E-state index is 12.6. The van der Waals surface area contributed by atoms with E-state index >= 15 is 0 Å². The van der Waals surface area contributed by atoms with E-state index in [9.17, 15) is 31.1 Å². The summed E-state index contributed by atoms with van der Waals surface area (Å²) in [6.45, 7) is 0. The molecule has 0 saturated heterocycles. The molecule has 2 aromatic rings. The fourth-order valence-electron chi connectivity index (χ4n) is 1.70. The van der Waals surface area contributed by atoms with Crippen molar-refractivity contribution in [3.63, 3.8) is 0 Å². The number of pyridine rings is 1. The molecule has 2 rings (SSSR count). The quantitative estimate of drug-likeness (QED) is 0.791. The molecule has 0 saturated carbocycles. The van der Waals surface area contributed by atoms with Crippen LogP contribution in [0.1, 0.15) is 11.1 Å². The van der Waals surface area contributed by atoms with Crippen LogP contribution in [0.15, 0.2) is 41.2 Å². The summed E-state index contributed by atoms with van der Waals surface area (Å²) in [5, 5.41) is 0. The smallest absolute Gasteiger partial charge is 0.322 e. The highest BCUT2D eigenvalue weighted by atomic mass is 19.4. The predicted molar refractivity (Wildman–Crippen MR) is 62.5 cm³/mol. The summed E-state index contributed by atoms with van der Waals surface area (Å²) < 4.78 is 74.9. The molecule has 0 bridgehead atoms. The van der Waals surface area contributed by atoms with Gasteiger partial charge in [-0.2, -0.15) is 26.3 Å². The molecule has 0 fully saturated rings.